The monoisotopic (exact) mass is 344 g/mol. The summed E-state index contributed by atoms with van der Waals surface area (Å²) in [4.78, 5) is 17.3. The normalized spacial score (nSPS) is 25.2. The predicted octanol–water partition coefficient (Wildman–Crippen LogP) is 1.30. The van der Waals surface area contributed by atoms with E-state index in [1.807, 2.05) is 0 Å². The van der Waals surface area contributed by atoms with Gasteiger partial charge in [-0.15, -0.1) is 0 Å². The van der Waals surface area contributed by atoms with Crippen molar-refractivity contribution in [1.82, 2.24) is 15.1 Å². The van der Waals surface area contributed by atoms with Gasteiger partial charge in [0, 0.05) is 51.7 Å². The second kappa shape index (κ2) is 9.32. The number of piperazine rings is 1. The fraction of sp³-hybridized carbons (Fsp3) is 0.650. The number of rotatable bonds is 7. The highest BCUT2D eigenvalue weighted by Gasteiger charge is 2.31. The molecule has 138 valence electrons. The zero-order chi connectivity index (χ0) is 17.5. The molecule has 2 atom stereocenters. The van der Waals surface area contributed by atoms with Gasteiger partial charge in [0.1, 0.15) is 0 Å². The third-order valence-electron chi connectivity index (χ3n) is 5.74. The molecule has 1 heterocycles. The Morgan fingerprint density at radius 1 is 1.08 bits per heavy atom. The maximum Gasteiger partial charge on any atom is 0.223 e. The van der Waals surface area contributed by atoms with Crippen molar-refractivity contribution in [1.29, 1.82) is 0 Å². The molecule has 25 heavy (non-hydrogen) atoms. The van der Waals surface area contributed by atoms with Crippen LogP contribution in [0.3, 0.4) is 0 Å². The van der Waals surface area contributed by atoms with E-state index in [4.69, 9.17) is 5.73 Å². The summed E-state index contributed by atoms with van der Waals surface area (Å²) in [6.07, 6.45) is 3.26. The number of carbonyl (C=O) groups excluding carboxylic acids is 1. The number of hydrogen-bond acceptors (Lipinski definition) is 4. The Labute approximate surface area is 151 Å². The van der Waals surface area contributed by atoms with Crippen molar-refractivity contribution >= 4 is 5.91 Å². The SMILES string of the molecule is NC[C@H]1CCC[C@H]1C(=O)NCCN1CCN(Cc2ccccc2)CC1. The largest absolute Gasteiger partial charge is 0.355 e. The van der Waals surface area contributed by atoms with Crippen molar-refractivity contribution in [2.75, 3.05) is 45.8 Å². The van der Waals surface area contributed by atoms with Crippen LogP contribution in [0.2, 0.25) is 0 Å². The molecule has 1 aliphatic heterocycles. The number of benzene rings is 1. The summed E-state index contributed by atoms with van der Waals surface area (Å²) in [5, 5.41) is 3.14. The first-order valence-electron chi connectivity index (χ1n) is 9.72. The Kier molecular flexibility index (Phi) is 6.84. The number of nitrogens with one attached hydrogen (secondary N) is 1. The fourth-order valence-corrected chi connectivity index (χ4v) is 4.15. The number of amides is 1. The van der Waals surface area contributed by atoms with Crippen molar-refractivity contribution < 1.29 is 4.79 Å². The van der Waals surface area contributed by atoms with E-state index in [2.05, 4.69) is 45.4 Å². The smallest absolute Gasteiger partial charge is 0.223 e. The van der Waals surface area contributed by atoms with Gasteiger partial charge >= 0.3 is 0 Å². The average molecular weight is 345 g/mol. The van der Waals surface area contributed by atoms with E-state index in [9.17, 15) is 4.79 Å². The van der Waals surface area contributed by atoms with Gasteiger partial charge < -0.3 is 11.1 Å². The first-order chi connectivity index (χ1) is 12.3. The van der Waals surface area contributed by atoms with Gasteiger partial charge in [0.15, 0.2) is 0 Å². The van der Waals surface area contributed by atoms with Crippen LogP contribution in [0.25, 0.3) is 0 Å². The molecule has 0 aromatic heterocycles. The van der Waals surface area contributed by atoms with Gasteiger partial charge in [-0.2, -0.15) is 0 Å². The Morgan fingerprint density at radius 3 is 2.52 bits per heavy atom. The lowest BCUT2D eigenvalue weighted by molar-refractivity contribution is -0.126. The maximum atomic E-state index is 12.3. The van der Waals surface area contributed by atoms with Crippen molar-refractivity contribution in [3.8, 4) is 0 Å². The van der Waals surface area contributed by atoms with E-state index >= 15 is 0 Å². The van der Waals surface area contributed by atoms with Crippen molar-refractivity contribution in [2.24, 2.45) is 17.6 Å². The highest BCUT2D eigenvalue weighted by atomic mass is 16.1. The quantitative estimate of drug-likeness (QED) is 0.783. The molecule has 2 aliphatic rings. The van der Waals surface area contributed by atoms with Crippen molar-refractivity contribution in [3.05, 3.63) is 35.9 Å². The van der Waals surface area contributed by atoms with Gasteiger partial charge in [0.25, 0.3) is 0 Å². The highest BCUT2D eigenvalue weighted by molar-refractivity contribution is 5.79. The van der Waals surface area contributed by atoms with Gasteiger partial charge in [-0.3, -0.25) is 14.6 Å². The Balaban J connectivity index is 1.32. The number of nitrogens with zero attached hydrogens (tertiary/aromatic N) is 2. The third kappa shape index (κ3) is 5.27. The molecule has 1 aliphatic carbocycles. The van der Waals surface area contributed by atoms with Crippen LogP contribution in [0.15, 0.2) is 30.3 Å². The average Bonchev–Trinajstić information content (AvgIpc) is 3.13. The first-order valence-corrected chi connectivity index (χ1v) is 9.72. The molecule has 0 unspecified atom stereocenters. The van der Waals surface area contributed by atoms with Crippen LogP contribution in [-0.2, 0) is 11.3 Å². The fourth-order valence-electron chi connectivity index (χ4n) is 4.15. The molecule has 0 radical (unpaired) electrons. The summed E-state index contributed by atoms with van der Waals surface area (Å²) >= 11 is 0. The van der Waals surface area contributed by atoms with Crippen LogP contribution in [0, 0.1) is 11.8 Å². The third-order valence-corrected chi connectivity index (χ3v) is 5.74. The maximum absolute atomic E-state index is 12.3. The Morgan fingerprint density at radius 2 is 1.80 bits per heavy atom. The molecular weight excluding hydrogens is 312 g/mol. The molecule has 3 rings (SSSR count). The molecule has 2 fully saturated rings. The number of hydrogen-bond donors (Lipinski definition) is 2. The minimum absolute atomic E-state index is 0.146. The van der Waals surface area contributed by atoms with E-state index in [0.717, 1.165) is 65.1 Å². The van der Waals surface area contributed by atoms with Gasteiger partial charge in [-0.25, -0.2) is 0 Å². The minimum atomic E-state index is 0.146. The van der Waals surface area contributed by atoms with Crippen LogP contribution in [0.1, 0.15) is 24.8 Å². The number of nitrogens with two attached hydrogens (primary N) is 1. The van der Waals surface area contributed by atoms with Crippen LogP contribution < -0.4 is 11.1 Å². The molecule has 5 heteroatoms. The molecule has 1 saturated carbocycles. The molecule has 0 spiro atoms. The van der Waals surface area contributed by atoms with Crippen molar-refractivity contribution in [3.63, 3.8) is 0 Å². The summed E-state index contributed by atoms with van der Waals surface area (Å²) in [6.45, 7) is 7.74. The first kappa shape index (κ1) is 18.4. The summed E-state index contributed by atoms with van der Waals surface area (Å²) in [5.74, 6) is 0.755. The zero-order valence-corrected chi connectivity index (χ0v) is 15.2. The standard InChI is InChI=1S/C20H32N4O/c21-15-18-7-4-8-19(18)20(25)22-9-10-23-11-13-24(14-12-23)16-17-5-2-1-3-6-17/h1-3,5-6,18-19H,4,7-16,21H2,(H,22,25)/t18-,19-/m1/s1. The summed E-state index contributed by atoms with van der Waals surface area (Å²) in [7, 11) is 0. The molecule has 1 amide bonds. The van der Waals surface area contributed by atoms with Gasteiger partial charge in [-0.05, 0) is 30.9 Å². The van der Waals surface area contributed by atoms with E-state index in [1.54, 1.807) is 0 Å². The molecular formula is C20H32N4O. The molecule has 3 N–H and O–H groups in total. The van der Waals surface area contributed by atoms with Crippen LogP contribution in [-0.4, -0.2) is 61.5 Å². The molecule has 1 aromatic carbocycles. The summed E-state index contributed by atoms with van der Waals surface area (Å²) < 4.78 is 0. The number of carbonyl (C=O) groups is 1. The molecule has 0 bridgehead atoms. The highest BCUT2D eigenvalue weighted by Crippen LogP contribution is 2.30. The van der Waals surface area contributed by atoms with Crippen molar-refractivity contribution in [2.45, 2.75) is 25.8 Å². The topological polar surface area (TPSA) is 61.6 Å². The van der Waals surface area contributed by atoms with E-state index in [0.29, 0.717) is 12.5 Å². The van der Waals surface area contributed by atoms with E-state index in [-0.39, 0.29) is 11.8 Å². The summed E-state index contributed by atoms with van der Waals surface area (Å²) in [6, 6.07) is 10.7. The zero-order valence-electron chi connectivity index (χ0n) is 15.2. The van der Waals surface area contributed by atoms with E-state index in [1.165, 1.54) is 5.56 Å². The lowest BCUT2D eigenvalue weighted by atomic mass is 9.95. The van der Waals surface area contributed by atoms with Gasteiger partial charge in [-0.1, -0.05) is 36.8 Å². The lowest BCUT2D eigenvalue weighted by Crippen LogP contribution is -2.48. The Hall–Kier alpha value is -1.43. The van der Waals surface area contributed by atoms with Crippen LogP contribution in [0.4, 0.5) is 0 Å². The second-order valence-corrected chi connectivity index (χ2v) is 7.43. The molecule has 1 saturated heterocycles. The van der Waals surface area contributed by atoms with E-state index < -0.39 is 0 Å². The lowest BCUT2D eigenvalue weighted by Gasteiger charge is -2.34. The molecule has 5 nitrogen and oxygen atoms in total. The van der Waals surface area contributed by atoms with Gasteiger partial charge in [0.2, 0.25) is 5.91 Å². The minimum Gasteiger partial charge on any atom is -0.355 e. The van der Waals surface area contributed by atoms with Gasteiger partial charge in [0.05, 0.1) is 0 Å². The van der Waals surface area contributed by atoms with Crippen LogP contribution in [0.5, 0.6) is 0 Å². The predicted molar refractivity (Wildman–Crippen MR) is 101 cm³/mol. The summed E-state index contributed by atoms with van der Waals surface area (Å²) in [5.41, 5.74) is 7.17. The van der Waals surface area contributed by atoms with Crippen LogP contribution >= 0.6 is 0 Å². The molecule has 1 aromatic rings. The second-order valence-electron chi connectivity index (χ2n) is 7.43. The Bertz CT molecular complexity index is 528.